The fourth-order valence-corrected chi connectivity index (χ4v) is 2.75. The van der Waals surface area contributed by atoms with Gasteiger partial charge in [0.15, 0.2) is 0 Å². The Bertz CT molecular complexity index is 498. The number of amides is 1. The summed E-state index contributed by atoms with van der Waals surface area (Å²) >= 11 is 0. The topological polar surface area (TPSA) is 71.8 Å². The van der Waals surface area contributed by atoms with Gasteiger partial charge in [-0.25, -0.2) is 4.79 Å². The standard InChI is InChI=1S/C15H22N2O4/c1-21-11-10-16-8-5-7-12(16)14(18)17-9-4-2-3-6-13(17)15(19)20/h5,7-8,13H,2-4,6,9-11H2,1H3,(H,19,20). The third-order valence-corrected chi connectivity index (χ3v) is 3.88. The van der Waals surface area contributed by atoms with E-state index in [1.54, 1.807) is 19.2 Å². The molecule has 1 N–H and O–H groups in total. The van der Waals surface area contributed by atoms with Crippen LogP contribution >= 0.6 is 0 Å². The van der Waals surface area contributed by atoms with E-state index in [2.05, 4.69) is 0 Å². The van der Waals surface area contributed by atoms with Crippen LogP contribution in [0.15, 0.2) is 18.3 Å². The minimum absolute atomic E-state index is 0.203. The maximum Gasteiger partial charge on any atom is 0.326 e. The molecule has 0 aliphatic carbocycles. The molecule has 1 saturated heterocycles. The highest BCUT2D eigenvalue weighted by molar-refractivity contribution is 5.95. The lowest BCUT2D eigenvalue weighted by Gasteiger charge is -2.27. The zero-order valence-electron chi connectivity index (χ0n) is 12.3. The summed E-state index contributed by atoms with van der Waals surface area (Å²) in [7, 11) is 1.61. The fourth-order valence-electron chi connectivity index (χ4n) is 2.75. The molecule has 0 spiro atoms. The van der Waals surface area contributed by atoms with Gasteiger partial charge in [-0.15, -0.1) is 0 Å². The van der Waals surface area contributed by atoms with E-state index in [1.165, 1.54) is 4.90 Å². The number of carboxylic acid groups (broad SMARTS) is 1. The minimum Gasteiger partial charge on any atom is -0.480 e. The molecule has 21 heavy (non-hydrogen) atoms. The maximum absolute atomic E-state index is 12.7. The summed E-state index contributed by atoms with van der Waals surface area (Å²) in [6.07, 6.45) is 5.03. The molecule has 1 atom stereocenters. The first-order valence-electron chi connectivity index (χ1n) is 7.33. The van der Waals surface area contributed by atoms with Crippen molar-refractivity contribution >= 4 is 11.9 Å². The van der Waals surface area contributed by atoms with Crippen molar-refractivity contribution in [1.82, 2.24) is 9.47 Å². The van der Waals surface area contributed by atoms with Gasteiger partial charge in [-0.3, -0.25) is 4.79 Å². The number of carbonyl (C=O) groups excluding carboxylic acids is 1. The smallest absolute Gasteiger partial charge is 0.326 e. The van der Waals surface area contributed by atoms with Gasteiger partial charge in [0.05, 0.1) is 6.61 Å². The fraction of sp³-hybridized carbons (Fsp3) is 0.600. The van der Waals surface area contributed by atoms with E-state index in [0.29, 0.717) is 31.8 Å². The normalized spacial score (nSPS) is 19.3. The van der Waals surface area contributed by atoms with Crippen molar-refractivity contribution in [3.8, 4) is 0 Å². The van der Waals surface area contributed by atoms with E-state index in [1.807, 2.05) is 10.8 Å². The summed E-state index contributed by atoms with van der Waals surface area (Å²) in [5.74, 6) is -1.12. The molecule has 1 aromatic heterocycles. The number of aliphatic carboxylic acids is 1. The summed E-state index contributed by atoms with van der Waals surface area (Å²) in [5, 5.41) is 9.37. The monoisotopic (exact) mass is 294 g/mol. The Morgan fingerprint density at radius 3 is 2.90 bits per heavy atom. The number of hydrogen-bond acceptors (Lipinski definition) is 3. The molecular formula is C15H22N2O4. The molecule has 0 aromatic carbocycles. The van der Waals surface area contributed by atoms with Gasteiger partial charge >= 0.3 is 5.97 Å². The summed E-state index contributed by atoms with van der Waals surface area (Å²) in [5.41, 5.74) is 0.528. The zero-order chi connectivity index (χ0) is 15.2. The Balaban J connectivity index is 2.20. The van der Waals surface area contributed by atoms with Crippen LogP contribution in [-0.4, -0.2) is 52.8 Å². The van der Waals surface area contributed by atoms with E-state index in [4.69, 9.17) is 4.74 Å². The molecule has 1 amide bonds. The second kappa shape index (κ2) is 7.26. The largest absolute Gasteiger partial charge is 0.480 e. The number of rotatable bonds is 5. The first-order valence-corrected chi connectivity index (χ1v) is 7.33. The second-order valence-corrected chi connectivity index (χ2v) is 5.28. The molecule has 2 heterocycles. The highest BCUT2D eigenvalue weighted by Crippen LogP contribution is 2.20. The second-order valence-electron chi connectivity index (χ2n) is 5.28. The molecule has 1 aliphatic rings. The quantitative estimate of drug-likeness (QED) is 0.895. The lowest BCUT2D eigenvalue weighted by molar-refractivity contribution is -0.142. The van der Waals surface area contributed by atoms with Crippen LogP contribution in [-0.2, 0) is 16.1 Å². The Labute approximate surface area is 124 Å². The first kappa shape index (κ1) is 15.6. The number of carboxylic acids is 1. The molecule has 1 aromatic rings. The molecule has 6 heteroatoms. The Hall–Kier alpha value is -1.82. The third-order valence-electron chi connectivity index (χ3n) is 3.88. The molecule has 1 aliphatic heterocycles. The van der Waals surface area contributed by atoms with Crippen LogP contribution in [0.25, 0.3) is 0 Å². The number of nitrogens with zero attached hydrogens (tertiary/aromatic N) is 2. The van der Waals surface area contributed by atoms with Crippen LogP contribution in [0, 0.1) is 0 Å². The van der Waals surface area contributed by atoms with Crippen molar-refractivity contribution in [2.75, 3.05) is 20.3 Å². The van der Waals surface area contributed by atoms with E-state index in [-0.39, 0.29) is 5.91 Å². The number of carbonyl (C=O) groups is 2. The highest BCUT2D eigenvalue weighted by Gasteiger charge is 2.32. The van der Waals surface area contributed by atoms with Crippen molar-refractivity contribution in [3.63, 3.8) is 0 Å². The number of methoxy groups -OCH3 is 1. The van der Waals surface area contributed by atoms with Crippen LogP contribution < -0.4 is 0 Å². The van der Waals surface area contributed by atoms with Crippen LogP contribution in [0.4, 0.5) is 0 Å². The maximum atomic E-state index is 12.7. The van der Waals surface area contributed by atoms with E-state index >= 15 is 0 Å². The third kappa shape index (κ3) is 3.64. The summed E-state index contributed by atoms with van der Waals surface area (Å²) < 4.78 is 6.85. The van der Waals surface area contributed by atoms with Crippen LogP contribution in [0.5, 0.6) is 0 Å². The van der Waals surface area contributed by atoms with Crippen molar-refractivity contribution in [3.05, 3.63) is 24.0 Å². The van der Waals surface area contributed by atoms with Gasteiger partial charge in [-0.05, 0) is 25.0 Å². The van der Waals surface area contributed by atoms with Gasteiger partial charge < -0.3 is 19.3 Å². The molecule has 116 valence electrons. The van der Waals surface area contributed by atoms with E-state index in [9.17, 15) is 14.7 Å². The molecule has 6 nitrogen and oxygen atoms in total. The van der Waals surface area contributed by atoms with Crippen LogP contribution in [0.3, 0.4) is 0 Å². The van der Waals surface area contributed by atoms with Crippen molar-refractivity contribution in [2.24, 2.45) is 0 Å². The SMILES string of the molecule is COCCn1cccc1C(=O)N1CCCCCC1C(=O)O. The summed E-state index contributed by atoms with van der Waals surface area (Å²) in [4.78, 5) is 25.6. The number of ether oxygens (including phenoxy) is 1. The number of hydrogen-bond donors (Lipinski definition) is 1. The molecule has 0 radical (unpaired) electrons. The average molecular weight is 294 g/mol. The summed E-state index contributed by atoms with van der Waals surface area (Å²) in [6.45, 7) is 1.60. The predicted octanol–water partition coefficient (Wildman–Crippen LogP) is 1.60. The van der Waals surface area contributed by atoms with Crippen molar-refractivity contribution in [1.29, 1.82) is 0 Å². The number of aromatic nitrogens is 1. The Kier molecular flexibility index (Phi) is 5.38. The van der Waals surface area contributed by atoms with Gasteiger partial charge in [-0.2, -0.15) is 0 Å². The molecule has 1 unspecified atom stereocenters. The zero-order valence-corrected chi connectivity index (χ0v) is 12.3. The van der Waals surface area contributed by atoms with E-state index < -0.39 is 12.0 Å². The average Bonchev–Trinajstić information content (AvgIpc) is 2.78. The lowest BCUT2D eigenvalue weighted by Crippen LogP contribution is -2.45. The summed E-state index contributed by atoms with van der Waals surface area (Å²) in [6, 6.07) is 2.82. The van der Waals surface area contributed by atoms with Crippen LogP contribution in [0.2, 0.25) is 0 Å². The Morgan fingerprint density at radius 1 is 1.38 bits per heavy atom. The molecule has 0 bridgehead atoms. The number of likely N-dealkylation sites (tertiary alicyclic amines) is 1. The van der Waals surface area contributed by atoms with Crippen molar-refractivity contribution < 1.29 is 19.4 Å². The van der Waals surface area contributed by atoms with Gasteiger partial charge in [0.25, 0.3) is 5.91 Å². The van der Waals surface area contributed by atoms with Gasteiger partial charge in [0, 0.05) is 26.4 Å². The molecule has 0 saturated carbocycles. The van der Waals surface area contributed by atoms with E-state index in [0.717, 1.165) is 19.3 Å². The first-order chi connectivity index (χ1) is 10.1. The van der Waals surface area contributed by atoms with Crippen LogP contribution in [0.1, 0.15) is 36.2 Å². The Morgan fingerprint density at radius 2 is 2.19 bits per heavy atom. The predicted molar refractivity (Wildman–Crippen MR) is 77.2 cm³/mol. The van der Waals surface area contributed by atoms with Gasteiger partial charge in [-0.1, -0.05) is 12.8 Å². The molecule has 2 rings (SSSR count). The van der Waals surface area contributed by atoms with Gasteiger partial charge in [0.2, 0.25) is 0 Å². The molecular weight excluding hydrogens is 272 g/mol. The molecule has 1 fully saturated rings. The van der Waals surface area contributed by atoms with Crippen molar-refractivity contribution in [2.45, 2.75) is 38.3 Å². The lowest BCUT2D eigenvalue weighted by atomic mass is 10.1. The highest BCUT2D eigenvalue weighted by atomic mass is 16.5. The van der Waals surface area contributed by atoms with Gasteiger partial charge in [0.1, 0.15) is 11.7 Å². The minimum atomic E-state index is -0.916.